The summed E-state index contributed by atoms with van der Waals surface area (Å²) in [5.74, 6) is -0.582. The number of alkyl carbamates (subject to hydrolysis) is 1. The molecule has 2 amide bonds. The highest BCUT2D eigenvalue weighted by molar-refractivity contribution is 6.30. The first-order valence-electron chi connectivity index (χ1n) is 6.45. The highest BCUT2D eigenvalue weighted by Gasteiger charge is 2.20. The maximum absolute atomic E-state index is 11.6. The molecule has 0 saturated heterocycles. The van der Waals surface area contributed by atoms with Gasteiger partial charge in [0.2, 0.25) is 5.91 Å². The van der Waals surface area contributed by atoms with Gasteiger partial charge in [-0.05, 0) is 45.0 Å². The van der Waals surface area contributed by atoms with Gasteiger partial charge in [-0.1, -0.05) is 11.6 Å². The third-order valence-electron chi connectivity index (χ3n) is 2.38. The Bertz CT molecular complexity index is 497. The number of hydrogen-bond acceptors (Lipinski definition) is 4. The van der Waals surface area contributed by atoms with Crippen LogP contribution in [0.15, 0.2) is 24.3 Å². The molecule has 1 unspecified atom stereocenters. The lowest BCUT2D eigenvalue weighted by Gasteiger charge is -2.21. The number of primary amides is 1. The van der Waals surface area contributed by atoms with Crippen LogP contribution in [0.4, 0.5) is 10.5 Å². The fourth-order valence-electron chi connectivity index (χ4n) is 1.47. The number of anilines is 1. The van der Waals surface area contributed by atoms with Gasteiger partial charge in [0, 0.05) is 10.7 Å². The Labute approximate surface area is 129 Å². The van der Waals surface area contributed by atoms with E-state index in [1.165, 1.54) is 0 Å². The number of rotatable bonds is 5. The fraction of sp³-hybridized carbons (Fsp3) is 0.429. The standard InChI is InChI=1S/C14H20ClN3O3/c1-14(2,3)21-13(20)17-8-11(12(16)19)18-10-6-4-9(15)5-7-10/h4-7,11,18H,8H2,1-3H3,(H2,16,19)(H,17,20). The molecule has 0 aliphatic rings. The Hall–Kier alpha value is -1.95. The van der Waals surface area contributed by atoms with E-state index in [4.69, 9.17) is 22.1 Å². The minimum atomic E-state index is -0.751. The molecule has 0 radical (unpaired) electrons. The van der Waals surface area contributed by atoms with Gasteiger partial charge in [-0.2, -0.15) is 0 Å². The molecule has 0 bridgehead atoms. The van der Waals surface area contributed by atoms with E-state index >= 15 is 0 Å². The molecule has 0 heterocycles. The zero-order valence-corrected chi connectivity index (χ0v) is 13.0. The van der Waals surface area contributed by atoms with E-state index in [1.54, 1.807) is 45.0 Å². The molecule has 0 spiro atoms. The molecule has 0 aromatic heterocycles. The lowest BCUT2D eigenvalue weighted by atomic mass is 10.2. The van der Waals surface area contributed by atoms with Crippen LogP contribution < -0.4 is 16.4 Å². The molecule has 1 atom stereocenters. The van der Waals surface area contributed by atoms with Crippen LogP contribution in [0.5, 0.6) is 0 Å². The zero-order chi connectivity index (χ0) is 16.0. The Balaban J connectivity index is 2.56. The van der Waals surface area contributed by atoms with Crippen LogP contribution in [0.3, 0.4) is 0 Å². The first-order valence-corrected chi connectivity index (χ1v) is 6.83. The third kappa shape index (κ3) is 6.85. The molecular formula is C14H20ClN3O3. The van der Waals surface area contributed by atoms with Crippen molar-refractivity contribution >= 4 is 29.3 Å². The second-order valence-electron chi connectivity index (χ2n) is 5.49. The summed E-state index contributed by atoms with van der Waals surface area (Å²) in [4.78, 5) is 23.0. The number of amides is 2. The topological polar surface area (TPSA) is 93.4 Å². The zero-order valence-electron chi connectivity index (χ0n) is 12.3. The number of hydrogen-bond donors (Lipinski definition) is 3. The smallest absolute Gasteiger partial charge is 0.407 e. The predicted octanol–water partition coefficient (Wildman–Crippen LogP) is 2.13. The van der Waals surface area contributed by atoms with Crippen LogP contribution in [0.1, 0.15) is 20.8 Å². The SMILES string of the molecule is CC(C)(C)OC(=O)NCC(Nc1ccc(Cl)cc1)C(N)=O. The van der Waals surface area contributed by atoms with Gasteiger partial charge in [0.15, 0.2) is 0 Å². The Morgan fingerprint density at radius 1 is 1.29 bits per heavy atom. The van der Waals surface area contributed by atoms with Crippen LogP contribution >= 0.6 is 11.6 Å². The molecule has 1 aromatic carbocycles. The molecule has 0 aliphatic carbocycles. The van der Waals surface area contributed by atoms with Gasteiger partial charge in [0.05, 0.1) is 6.54 Å². The molecule has 6 nitrogen and oxygen atoms in total. The van der Waals surface area contributed by atoms with Gasteiger partial charge < -0.3 is 21.1 Å². The number of carbonyl (C=O) groups excluding carboxylic acids is 2. The first-order chi connectivity index (χ1) is 9.67. The van der Waals surface area contributed by atoms with E-state index < -0.39 is 23.6 Å². The number of halogens is 1. The Kier molecular flexibility index (Phi) is 5.84. The number of carbonyl (C=O) groups is 2. The van der Waals surface area contributed by atoms with Gasteiger partial charge >= 0.3 is 6.09 Å². The minimum Gasteiger partial charge on any atom is -0.444 e. The summed E-state index contributed by atoms with van der Waals surface area (Å²) >= 11 is 5.78. The number of nitrogens with one attached hydrogen (secondary N) is 2. The fourth-order valence-corrected chi connectivity index (χ4v) is 1.60. The summed E-state index contributed by atoms with van der Waals surface area (Å²) in [5, 5.41) is 6.01. The first kappa shape index (κ1) is 17.1. The second-order valence-corrected chi connectivity index (χ2v) is 5.93. The van der Waals surface area contributed by atoms with E-state index in [0.29, 0.717) is 10.7 Å². The quantitative estimate of drug-likeness (QED) is 0.776. The highest BCUT2D eigenvalue weighted by Crippen LogP contribution is 2.14. The maximum Gasteiger partial charge on any atom is 0.407 e. The summed E-state index contributed by atoms with van der Waals surface area (Å²) in [6.07, 6.45) is -0.605. The van der Waals surface area contributed by atoms with E-state index in [2.05, 4.69) is 10.6 Å². The van der Waals surface area contributed by atoms with Crippen molar-refractivity contribution < 1.29 is 14.3 Å². The van der Waals surface area contributed by atoms with Crippen molar-refractivity contribution in [2.75, 3.05) is 11.9 Å². The molecule has 4 N–H and O–H groups in total. The molecule has 7 heteroatoms. The van der Waals surface area contributed by atoms with Gasteiger partial charge in [-0.25, -0.2) is 4.79 Å². The molecule has 0 fully saturated rings. The minimum absolute atomic E-state index is 0.0207. The summed E-state index contributed by atoms with van der Waals surface area (Å²) in [6, 6.07) is 6.04. The lowest BCUT2D eigenvalue weighted by molar-refractivity contribution is -0.118. The van der Waals surface area contributed by atoms with Gasteiger partial charge in [0.1, 0.15) is 11.6 Å². The monoisotopic (exact) mass is 313 g/mol. The average molecular weight is 314 g/mol. The van der Waals surface area contributed by atoms with Crippen molar-refractivity contribution in [1.29, 1.82) is 0 Å². The van der Waals surface area contributed by atoms with Crippen molar-refractivity contribution in [2.45, 2.75) is 32.4 Å². The van der Waals surface area contributed by atoms with Crippen LogP contribution in [0, 0.1) is 0 Å². The summed E-state index contributed by atoms with van der Waals surface area (Å²) in [7, 11) is 0. The van der Waals surface area contributed by atoms with E-state index in [9.17, 15) is 9.59 Å². The molecule has 0 saturated carbocycles. The number of benzene rings is 1. The molecule has 1 rings (SSSR count). The molecule has 21 heavy (non-hydrogen) atoms. The van der Waals surface area contributed by atoms with Crippen LogP contribution in [0.2, 0.25) is 5.02 Å². The predicted molar refractivity (Wildman–Crippen MR) is 82.3 cm³/mol. The van der Waals surface area contributed by atoms with Gasteiger partial charge in [-0.15, -0.1) is 0 Å². The van der Waals surface area contributed by atoms with E-state index in [0.717, 1.165) is 0 Å². The van der Waals surface area contributed by atoms with Gasteiger partial charge in [0.25, 0.3) is 0 Å². The van der Waals surface area contributed by atoms with Crippen molar-refractivity contribution in [3.05, 3.63) is 29.3 Å². The summed E-state index contributed by atoms with van der Waals surface area (Å²) in [5.41, 5.74) is 5.38. The van der Waals surface area contributed by atoms with Crippen molar-refractivity contribution in [3.8, 4) is 0 Å². The highest BCUT2D eigenvalue weighted by atomic mass is 35.5. The van der Waals surface area contributed by atoms with Crippen LogP contribution in [0.25, 0.3) is 0 Å². The van der Waals surface area contributed by atoms with Crippen LogP contribution in [-0.2, 0) is 9.53 Å². The van der Waals surface area contributed by atoms with Crippen molar-refractivity contribution in [1.82, 2.24) is 5.32 Å². The largest absolute Gasteiger partial charge is 0.444 e. The Morgan fingerprint density at radius 3 is 2.33 bits per heavy atom. The Morgan fingerprint density at radius 2 is 1.86 bits per heavy atom. The summed E-state index contributed by atoms with van der Waals surface area (Å²) in [6.45, 7) is 5.28. The number of ether oxygens (including phenoxy) is 1. The third-order valence-corrected chi connectivity index (χ3v) is 2.63. The van der Waals surface area contributed by atoms with Gasteiger partial charge in [-0.3, -0.25) is 4.79 Å². The number of nitrogens with two attached hydrogens (primary N) is 1. The molecular weight excluding hydrogens is 294 g/mol. The maximum atomic E-state index is 11.6. The van der Waals surface area contributed by atoms with Crippen LogP contribution in [-0.4, -0.2) is 30.2 Å². The van der Waals surface area contributed by atoms with E-state index in [-0.39, 0.29) is 6.54 Å². The van der Waals surface area contributed by atoms with Crippen molar-refractivity contribution in [3.63, 3.8) is 0 Å². The molecule has 0 aliphatic heterocycles. The normalized spacial score (nSPS) is 12.4. The van der Waals surface area contributed by atoms with Crippen molar-refractivity contribution in [2.24, 2.45) is 5.73 Å². The average Bonchev–Trinajstić information content (AvgIpc) is 2.34. The summed E-state index contributed by atoms with van der Waals surface area (Å²) < 4.78 is 5.09. The molecule has 1 aromatic rings. The molecule has 116 valence electrons. The lowest BCUT2D eigenvalue weighted by Crippen LogP contribution is -2.46. The van der Waals surface area contributed by atoms with E-state index in [1.807, 2.05) is 0 Å². The second kappa shape index (κ2) is 7.17.